The van der Waals surface area contributed by atoms with E-state index < -0.39 is 15.6 Å². The maximum Gasteiger partial charge on any atom is 0.296 e. The molecule has 2 N–H and O–H groups in total. The summed E-state index contributed by atoms with van der Waals surface area (Å²) >= 11 is 0. The lowest BCUT2D eigenvalue weighted by Crippen LogP contribution is -2.25. The molecule has 0 aliphatic carbocycles. The van der Waals surface area contributed by atoms with Gasteiger partial charge in [-0.3, -0.25) is 19.0 Å². The summed E-state index contributed by atoms with van der Waals surface area (Å²) in [5.74, 6) is -0.298. The minimum Gasteiger partial charge on any atom is -0.382 e. The molecule has 176 valence electrons. The van der Waals surface area contributed by atoms with Crippen molar-refractivity contribution < 1.29 is 17.9 Å². The fraction of sp³-hybridized carbons (Fsp3) is 0.304. The molecule has 0 spiro atoms. The first-order valence-electron chi connectivity index (χ1n) is 10.6. The van der Waals surface area contributed by atoms with Crippen LogP contribution in [-0.2, 0) is 21.8 Å². The Morgan fingerprint density at radius 3 is 2.36 bits per heavy atom. The average molecular weight is 473 g/mol. The molecule has 1 amide bonds. The molecular weight excluding hydrogens is 444 g/mol. The summed E-state index contributed by atoms with van der Waals surface area (Å²) in [7, 11) is -2.35. The van der Waals surface area contributed by atoms with Crippen LogP contribution >= 0.6 is 0 Å². The second-order valence-electron chi connectivity index (χ2n) is 7.37. The Balaban J connectivity index is 1.76. The maximum absolute atomic E-state index is 13.0. The van der Waals surface area contributed by atoms with E-state index in [1.165, 1.54) is 28.9 Å². The number of carbonyl (C=O) groups excluding carboxylic acids is 1. The van der Waals surface area contributed by atoms with E-state index in [-0.39, 0.29) is 16.5 Å². The number of para-hydroxylation sites is 1. The summed E-state index contributed by atoms with van der Waals surface area (Å²) in [6, 6.07) is 14.5. The van der Waals surface area contributed by atoms with Crippen LogP contribution in [-0.4, -0.2) is 43.4 Å². The summed E-state index contributed by atoms with van der Waals surface area (Å²) < 4.78 is 36.5. The van der Waals surface area contributed by atoms with Gasteiger partial charge in [0, 0.05) is 32.4 Å². The number of rotatable bonds is 10. The molecule has 10 heteroatoms. The molecule has 0 saturated carbocycles. The SMILES string of the molecule is CCOCCCNC(=O)c1ccc(S(=O)(=O)Nc2c(C)n(C)n(-c3ccccc3)c2=O)cc1. The molecule has 1 heterocycles. The van der Waals surface area contributed by atoms with Gasteiger partial charge in [-0.2, -0.15) is 0 Å². The normalized spacial score (nSPS) is 11.4. The number of nitrogens with one attached hydrogen (secondary N) is 2. The van der Waals surface area contributed by atoms with E-state index in [1.807, 2.05) is 13.0 Å². The lowest BCUT2D eigenvalue weighted by molar-refractivity contribution is 0.0944. The Morgan fingerprint density at radius 2 is 1.73 bits per heavy atom. The van der Waals surface area contributed by atoms with Crippen LogP contribution in [0.1, 0.15) is 29.4 Å². The van der Waals surface area contributed by atoms with Gasteiger partial charge in [-0.25, -0.2) is 13.1 Å². The fourth-order valence-electron chi connectivity index (χ4n) is 3.29. The zero-order valence-corrected chi connectivity index (χ0v) is 19.7. The molecular formula is C23H28N4O5S. The number of amides is 1. The molecule has 3 rings (SSSR count). The zero-order valence-electron chi connectivity index (χ0n) is 18.9. The topological polar surface area (TPSA) is 111 Å². The van der Waals surface area contributed by atoms with Gasteiger partial charge in [-0.15, -0.1) is 0 Å². The van der Waals surface area contributed by atoms with E-state index in [0.717, 1.165) is 0 Å². The highest BCUT2D eigenvalue weighted by Crippen LogP contribution is 2.19. The summed E-state index contributed by atoms with van der Waals surface area (Å²) in [5.41, 5.74) is 0.920. The lowest BCUT2D eigenvalue weighted by Gasteiger charge is -2.09. The van der Waals surface area contributed by atoms with Gasteiger partial charge < -0.3 is 10.1 Å². The summed E-state index contributed by atoms with van der Waals surface area (Å²) in [6.45, 7) is 5.21. The number of hydrogen-bond acceptors (Lipinski definition) is 5. The van der Waals surface area contributed by atoms with Crippen LogP contribution in [0.15, 0.2) is 64.3 Å². The minimum absolute atomic E-state index is 0.0301. The maximum atomic E-state index is 13.0. The molecule has 0 fully saturated rings. The van der Waals surface area contributed by atoms with Crippen molar-refractivity contribution in [3.05, 3.63) is 76.2 Å². The van der Waals surface area contributed by atoms with Crippen LogP contribution < -0.4 is 15.6 Å². The third-order valence-electron chi connectivity index (χ3n) is 5.17. The highest BCUT2D eigenvalue weighted by molar-refractivity contribution is 7.92. The third kappa shape index (κ3) is 5.52. The lowest BCUT2D eigenvalue weighted by atomic mass is 10.2. The monoisotopic (exact) mass is 472 g/mol. The minimum atomic E-state index is -4.04. The van der Waals surface area contributed by atoms with E-state index in [2.05, 4.69) is 10.0 Å². The van der Waals surface area contributed by atoms with E-state index >= 15 is 0 Å². The van der Waals surface area contributed by atoms with Crippen molar-refractivity contribution in [2.75, 3.05) is 24.5 Å². The summed E-state index contributed by atoms with van der Waals surface area (Å²) in [4.78, 5) is 25.2. The Bertz CT molecular complexity index is 1260. The standard InChI is InChI=1S/C23H28N4O5S/c1-4-32-16-8-15-24-22(28)18-11-13-20(14-12-18)33(30,31)25-21-17(2)26(3)27(23(21)29)19-9-6-5-7-10-19/h5-7,9-14,25H,4,8,15-16H2,1-3H3,(H,24,28). The third-order valence-corrected chi connectivity index (χ3v) is 6.54. The first-order chi connectivity index (χ1) is 15.8. The summed E-state index contributed by atoms with van der Waals surface area (Å²) in [6.07, 6.45) is 0.687. The van der Waals surface area contributed by atoms with Gasteiger partial charge in [-0.05, 0) is 56.7 Å². The van der Waals surface area contributed by atoms with E-state index in [4.69, 9.17) is 4.74 Å². The van der Waals surface area contributed by atoms with E-state index in [9.17, 15) is 18.0 Å². The van der Waals surface area contributed by atoms with Crippen LogP contribution in [0.5, 0.6) is 0 Å². The number of ether oxygens (including phenoxy) is 1. The molecule has 0 radical (unpaired) electrons. The number of anilines is 1. The molecule has 3 aromatic rings. The number of carbonyl (C=O) groups is 1. The second kappa shape index (κ2) is 10.5. The van der Waals surface area contributed by atoms with E-state index in [0.29, 0.717) is 43.1 Å². The predicted molar refractivity (Wildman–Crippen MR) is 126 cm³/mol. The van der Waals surface area contributed by atoms with Gasteiger partial charge in [0.1, 0.15) is 5.69 Å². The molecule has 0 atom stereocenters. The van der Waals surface area contributed by atoms with Gasteiger partial charge in [0.2, 0.25) is 0 Å². The van der Waals surface area contributed by atoms with Crippen molar-refractivity contribution in [1.82, 2.24) is 14.7 Å². The number of nitrogens with zero attached hydrogens (tertiary/aromatic N) is 2. The van der Waals surface area contributed by atoms with Crippen LogP contribution in [0, 0.1) is 6.92 Å². The highest BCUT2D eigenvalue weighted by Gasteiger charge is 2.22. The second-order valence-corrected chi connectivity index (χ2v) is 9.06. The fourth-order valence-corrected chi connectivity index (χ4v) is 4.40. The van der Waals surface area contributed by atoms with Crippen molar-refractivity contribution in [1.29, 1.82) is 0 Å². The van der Waals surface area contributed by atoms with Gasteiger partial charge in [0.05, 0.1) is 16.3 Å². The Labute approximate surface area is 193 Å². The van der Waals surface area contributed by atoms with Gasteiger partial charge in [0.15, 0.2) is 0 Å². The average Bonchev–Trinajstić information content (AvgIpc) is 3.02. The van der Waals surface area contributed by atoms with Crippen LogP contribution in [0.4, 0.5) is 5.69 Å². The molecule has 33 heavy (non-hydrogen) atoms. The number of hydrogen-bond donors (Lipinski definition) is 2. The van der Waals surface area contributed by atoms with Crippen molar-refractivity contribution >= 4 is 21.6 Å². The molecule has 0 bridgehead atoms. The van der Waals surface area contributed by atoms with Crippen molar-refractivity contribution in [3.63, 3.8) is 0 Å². The molecule has 1 aromatic heterocycles. The molecule has 0 aliphatic rings. The highest BCUT2D eigenvalue weighted by atomic mass is 32.2. The van der Waals surface area contributed by atoms with Crippen LogP contribution in [0.25, 0.3) is 5.69 Å². The van der Waals surface area contributed by atoms with Gasteiger partial charge >= 0.3 is 0 Å². The molecule has 2 aromatic carbocycles. The van der Waals surface area contributed by atoms with Gasteiger partial charge in [-0.1, -0.05) is 18.2 Å². The first-order valence-corrected chi connectivity index (χ1v) is 12.1. The number of aromatic nitrogens is 2. The first kappa shape index (κ1) is 24.3. The molecule has 0 aliphatic heterocycles. The zero-order chi connectivity index (χ0) is 24.0. The molecule has 0 saturated heterocycles. The van der Waals surface area contributed by atoms with Gasteiger partial charge in [0.25, 0.3) is 21.5 Å². The number of benzene rings is 2. The Hall–Kier alpha value is -3.37. The predicted octanol–water partition coefficient (Wildman–Crippen LogP) is 2.44. The Morgan fingerprint density at radius 1 is 1.06 bits per heavy atom. The smallest absolute Gasteiger partial charge is 0.296 e. The largest absolute Gasteiger partial charge is 0.382 e. The van der Waals surface area contributed by atoms with E-state index in [1.54, 1.807) is 42.9 Å². The van der Waals surface area contributed by atoms with Crippen molar-refractivity contribution in [2.24, 2.45) is 7.05 Å². The quantitative estimate of drug-likeness (QED) is 0.440. The molecule has 9 nitrogen and oxygen atoms in total. The number of sulfonamides is 1. The van der Waals surface area contributed by atoms with Crippen molar-refractivity contribution in [3.8, 4) is 5.69 Å². The molecule has 0 unspecified atom stereocenters. The summed E-state index contributed by atoms with van der Waals surface area (Å²) in [5, 5.41) is 2.76. The van der Waals surface area contributed by atoms with Crippen LogP contribution in [0.3, 0.4) is 0 Å². The van der Waals surface area contributed by atoms with Crippen LogP contribution in [0.2, 0.25) is 0 Å². The van der Waals surface area contributed by atoms with Crippen molar-refractivity contribution in [2.45, 2.75) is 25.2 Å². The Kier molecular flexibility index (Phi) is 7.72.